The number of ether oxygens (including phenoxy) is 1. The molecule has 4 rings (SSSR count). The van der Waals surface area contributed by atoms with Crippen molar-refractivity contribution in [1.82, 2.24) is 9.80 Å². The van der Waals surface area contributed by atoms with Crippen molar-refractivity contribution in [1.29, 1.82) is 0 Å². The standard InChI is InChI=1S/C23H22F3N3O2/c1-2-22(30)27-11-10-19(15-27)29-13-12-28(16-29)18-6-8-20(9-7-18)31-21-5-3-4-17(14-21)23(24,25)26/h2-9,12-14,19H,1,10-11,15-16H2. The fourth-order valence-corrected chi connectivity index (χ4v) is 3.76. The van der Waals surface area contributed by atoms with E-state index in [0.29, 0.717) is 19.0 Å². The van der Waals surface area contributed by atoms with Crippen molar-refractivity contribution in [2.24, 2.45) is 0 Å². The Morgan fingerprint density at radius 3 is 2.58 bits per heavy atom. The molecular weight excluding hydrogens is 407 g/mol. The smallest absolute Gasteiger partial charge is 0.416 e. The molecule has 1 atom stereocenters. The second-order valence-electron chi connectivity index (χ2n) is 7.48. The van der Waals surface area contributed by atoms with Crippen LogP contribution in [0.4, 0.5) is 18.9 Å². The topological polar surface area (TPSA) is 36.0 Å². The highest BCUT2D eigenvalue weighted by Gasteiger charge is 2.31. The van der Waals surface area contributed by atoms with Gasteiger partial charge in [0, 0.05) is 37.2 Å². The highest BCUT2D eigenvalue weighted by molar-refractivity contribution is 5.87. The van der Waals surface area contributed by atoms with Crippen LogP contribution < -0.4 is 9.64 Å². The van der Waals surface area contributed by atoms with E-state index in [2.05, 4.69) is 16.4 Å². The Balaban J connectivity index is 1.36. The predicted octanol–water partition coefficient (Wildman–Crippen LogP) is 4.84. The van der Waals surface area contributed by atoms with Crippen LogP contribution in [-0.4, -0.2) is 41.5 Å². The number of rotatable bonds is 5. The molecule has 1 unspecified atom stereocenters. The molecule has 0 aromatic heterocycles. The third kappa shape index (κ3) is 4.68. The zero-order valence-electron chi connectivity index (χ0n) is 16.8. The number of amides is 1. The quantitative estimate of drug-likeness (QED) is 0.638. The number of likely N-dealkylation sites (tertiary alicyclic amines) is 1. The molecule has 31 heavy (non-hydrogen) atoms. The zero-order valence-corrected chi connectivity index (χ0v) is 16.8. The Kier molecular flexibility index (Phi) is 5.63. The van der Waals surface area contributed by atoms with E-state index >= 15 is 0 Å². The van der Waals surface area contributed by atoms with Gasteiger partial charge in [0.05, 0.1) is 12.2 Å². The van der Waals surface area contributed by atoms with Crippen molar-refractivity contribution in [3.63, 3.8) is 0 Å². The van der Waals surface area contributed by atoms with Crippen LogP contribution in [0.2, 0.25) is 0 Å². The molecule has 0 bridgehead atoms. The number of hydrogen-bond donors (Lipinski definition) is 0. The molecule has 2 aliphatic heterocycles. The van der Waals surface area contributed by atoms with E-state index in [1.54, 1.807) is 17.0 Å². The summed E-state index contributed by atoms with van der Waals surface area (Å²) in [6.07, 6.45) is 1.83. The number of benzene rings is 2. The van der Waals surface area contributed by atoms with Gasteiger partial charge in [-0.15, -0.1) is 0 Å². The number of carbonyl (C=O) groups excluding carboxylic acids is 1. The SMILES string of the molecule is C=CC(=O)N1CCC(N2C=CN(c3ccc(Oc4cccc(C(F)(F)F)c4)cc3)C2)C1. The van der Waals surface area contributed by atoms with Gasteiger partial charge in [0.2, 0.25) is 5.91 Å². The van der Waals surface area contributed by atoms with Crippen LogP contribution in [0.5, 0.6) is 11.5 Å². The number of anilines is 1. The van der Waals surface area contributed by atoms with Crippen molar-refractivity contribution in [3.8, 4) is 11.5 Å². The van der Waals surface area contributed by atoms with E-state index < -0.39 is 11.7 Å². The minimum absolute atomic E-state index is 0.0427. The van der Waals surface area contributed by atoms with Crippen LogP contribution in [-0.2, 0) is 11.0 Å². The molecule has 0 N–H and O–H groups in total. The van der Waals surface area contributed by atoms with Crippen molar-refractivity contribution in [2.45, 2.75) is 18.6 Å². The Morgan fingerprint density at radius 2 is 1.87 bits per heavy atom. The summed E-state index contributed by atoms with van der Waals surface area (Å²) in [5, 5.41) is 0. The van der Waals surface area contributed by atoms with Gasteiger partial charge in [-0.25, -0.2) is 0 Å². The maximum absolute atomic E-state index is 12.9. The summed E-state index contributed by atoms with van der Waals surface area (Å²) in [5.74, 6) is 0.547. The summed E-state index contributed by atoms with van der Waals surface area (Å²) >= 11 is 0. The fourth-order valence-electron chi connectivity index (χ4n) is 3.76. The summed E-state index contributed by atoms with van der Waals surface area (Å²) < 4.78 is 44.2. The second-order valence-corrected chi connectivity index (χ2v) is 7.48. The first-order valence-electron chi connectivity index (χ1n) is 9.91. The summed E-state index contributed by atoms with van der Waals surface area (Å²) in [6.45, 7) is 5.60. The molecule has 2 aromatic carbocycles. The van der Waals surface area contributed by atoms with Gasteiger partial charge in [-0.05, 0) is 55.0 Å². The molecular formula is C23H22F3N3O2. The van der Waals surface area contributed by atoms with Gasteiger partial charge in [0.15, 0.2) is 0 Å². The maximum atomic E-state index is 12.9. The maximum Gasteiger partial charge on any atom is 0.416 e. The van der Waals surface area contributed by atoms with E-state index in [9.17, 15) is 18.0 Å². The molecule has 8 heteroatoms. The molecule has 1 saturated heterocycles. The fraction of sp³-hybridized carbons (Fsp3) is 0.261. The molecule has 0 spiro atoms. The van der Waals surface area contributed by atoms with Gasteiger partial charge in [0.1, 0.15) is 11.5 Å². The minimum atomic E-state index is -4.41. The lowest BCUT2D eigenvalue weighted by molar-refractivity contribution is -0.137. The number of nitrogens with zero attached hydrogens (tertiary/aromatic N) is 3. The van der Waals surface area contributed by atoms with Gasteiger partial charge in [-0.2, -0.15) is 13.2 Å². The average molecular weight is 429 g/mol. The van der Waals surface area contributed by atoms with Crippen molar-refractivity contribution < 1.29 is 22.7 Å². The Hall–Kier alpha value is -3.42. The van der Waals surface area contributed by atoms with E-state index in [-0.39, 0.29) is 17.7 Å². The molecule has 2 heterocycles. The van der Waals surface area contributed by atoms with Crippen molar-refractivity contribution in [2.75, 3.05) is 24.7 Å². The van der Waals surface area contributed by atoms with E-state index in [0.717, 1.165) is 30.8 Å². The monoisotopic (exact) mass is 429 g/mol. The molecule has 0 saturated carbocycles. The Morgan fingerprint density at radius 1 is 1.10 bits per heavy atom. The molecule has 0 radical (unpaired) electrons. The second kappa shape index (κ2) is 8.37. The van der Waals surface area contributed by atoms with Gasteiger partial charge >= 0.3 is 6.18 Å². The normalized spacial score (nSPS) is 18.5. The summed E-state index contributed by atoms with van der Waals surface area (Å²) in [4.78, 5) is 17.8. The van der Waals surface area contributed by atoms with E-state index in [4.69, 9.17) is 4.74 Å². The van der Waals surface area contributed by atoms with Crippen molar-refractivity contribution >= 4 is 11.6 Å². The van der Waals surface area contributed by atoms with Gasteiger partial charge < -0.3 is 19.4 Å². The molecule has 1 fully saturated rings. The van der Waals surface area contributed by atoms with Crippen LogP contribution in [0.3, 0.4) is 0 Å². The lowest BCUT2D eigenvalue weighted by Crippen LogP contribution is -2.37. The number of halogens is 3. The summed E-state index contributed by atoms with van der Waals surface area (Å²) in [5.41, 5.74) is 0.191. The summed E-state index contributed by atoms with van der Waals surface area (Å²) in [6, 6.07) is 12.2. The van der Waals surface area contributed by atoms with Crippen LogP contribution in [0.25, 0.3) is 0 Å². The third-order valence-electron chi connectivity index (χ3n) is 5.44. The number of hydrogen-bond acceptors (Lipinski definition) is 4. The first-order chi connectivity index (χ1) is 14.8. The largest absolute Gasteiger partial charge is 0.457 e. The highest BCUT2D eigenvalue weighted by Crippen LogP contribution is 2.33. The van der Waals surface area contributed by atoms with Crippen molar-refractivity contribution in [3.05, 3.63) is 79.1 Å². The molecule has 5 nitrogen and oxygen atoms in total. The molecule has 0 aliphatic carbocycles. The zero-order chi connectivity index (χ0) is 22.0. The lowest BCUT2D eigenvalue weighted by Gasteiger charge is -2.26. The highest BCUT2D eigenvalue weighted by atomic mass is 19.4. The van der Waals surface area contributed by atoms with Gasteiger partial charge in [0.25, 0.3) is 0 Å². The predicted molar refractivity (Wildman–Crippen MR) is 111 cm³/mol. The van der Waals surface area contributed by atoms with Crippen LogP contribution >= 0.6 is 0 Å². The van der Waals surface area contributed by atoms with Crippen LogP contribution in [0.15, 0.2) is 73.6 Å². The Labute approximate surface area is 178 Å². The lowest BCUT2D eigenvalue weighted by atomic mass is 10.2. The molecule has 2 aliphatic rings. The number of carbonyl (C=O) groups is 1. The summed E-state index contributed by atoms with van der Waals surface area (Å²) in [7, 11) is 0. The first-order valence-corrected chi connectivity index (χ1v) is 9.91. The van der Waals surface area contributed by atoms with E-state index in [1.807, 2.05) is 24.5 Å². The van der Waals surface area contributed by atoms with Gasteiger partial charge in [-0.3, -0.25) is 4.79 Å². The third-order valence-corrected chi connectivity index (χ3v) is 5.44. The van der Waals surface area contributed by atoms with E-state index in [1.165, 1.54) is 18.2 Å². The average Bonchev–Trinajstić information content (AvgIpc) is 3.43. The minimum Gasteiger partial charge on any atom is -0.457 e. The molecule has 2 aromatic rings. The number of alkyl halides is 3. The first kappa shape index (κ1) is 20.8. The van der Waals surface area contributed by atoms with Crippen LogP contribution in [0, 0.1) is 0 Å². The van der Waals surface area contributed by atoms with Crippen LogP contribution in [0.1, 0.15) is 12.0 Å². The molecule has 1 amide bonds. The Bertz CT molecular complexity index is 988. The molecule has 162 valence electrons. The van der Waals surface area contributed by atoms with Gasteiger partial charge in [-0.1, -0.05) is 12.6 Å².